The highest BCUT2D eigenvalue weighted by atomic mass is 79.9. The van der Waals surface area contributed by atoms with Gasteiger partial charge in [-0.3, -0.25) is 0 Å². The van der Waals surface area contributed by atoms with Gasteiger partial charge in [-0.05, 0) is 58.8 Å². The molecule has 1 aromatic rings. The third-order valence-electron chi connectivity index (χ3n) is 3.82. The lowest BCUT2D eigenvalue weighted by Gasteiger charge is -2.30. The molecule has 0 bridgehead atoms. The van der Waals surface area contributed by atoms with Crippen LogP contribution in [-0.2, 0) is 16.6 Å². The van der Waals surface area contributed by atoms with E-state index in [4.69, 9.17) is 0 Å². The zero-order chi connectivity index (χ0) is 14.9. The molecule has 0 atom stereocenters. The van der Waals surface area contributed by atoms with Gasteiger partial charge in [0.1, 0.15) is 0 Å². The van der Waals surface area contributed by atoms with Crippen LogP contribution in [0.2, 0.25) is 0 Å². The van der Waals surface area contributed by atoms with Crippen molar-refractivity contribution in [1.82, 2.24) is 4.31 Å². The number of aryl methyl sites for hydroxylation is 1. The summed E-state index contributed by atoms with van der Waals surface area (Å²) >= 11 is 3.37. The van der Waals surface area contributed by atoms with Gasteiger partial charge in [0, 0.05) is 17.6 Å². The van der Waals surface area contributed by atoms with Crippen LogP contribution in [0.4, 0.5) is 0 Å². The van der Waals surface area contributed by atoms with Gasteiger partial charge in [-0.15, -0.1) is 0 Å². The molecule has 2 rings (SSSR count). The Hall–Kier alpha value is -0.430. The largest absolute Gasteiger partial charge is 0.392 e. The number of benzene rings is 1. The summed E-state index contributed by atoms with van der Waals surface area (Å²) in [6.07, 6.45) is 1.80. The fourth-order valence-electron chi connectivity index (χ4n) is 2.45. The van der Waals surface area contributed by atoms with Crippen molar-refractivity contribution in [2.24, 2.45) is 5.92 Å². The summed E-state index contributed by atoms with van der Waals surface area (Å²) in [5, 5.41) is 9.26. The highest BCUT2D eigenvalue weighted by molar-refractivity contribution is 9.10. The van der Waals surface area contributed by atoms with Gasteiger partial charge in [0.25, 0.3) is 0 Å². The molecule has 0 aromatic heterocycles. The summed E-state index contributed by atoms with van der Waals surface area (Å²) in [6, 6.07) is 3.35. The first kappa shape index (κ1) is 15.9. The van der Waals surface area contributed by atoms with Gasteiger partial charge < -0.3 is 5.11 Å². The first-order valence-corrected chi connectivity index (χ1v) is 8.99. The Labute approximate surface area is 129 Å². The van der Waals surface area contributed by atoms with E-state index in [2.05, 4.69) is 22.9 Å². The van der Waals surface area contributed by atoms with Crippen molar-refractivity contribution in [2.45, 2.75) is 38.2 Å². The molecular weight excluding hydrogens is 342 g/mol. The summed E-state index contributed by atoms with van der Waals surface area (Å²) in [5.74, 6) is 0.579. The third kappa shape index (κ3) is 3.08. The Bertz CT molecular complexity index is 593. The average Bonchev–Trinajstić information content (AvgIpc) is 2.42. The van der Waals surface area contributed by atoms with Crippen molar-refractivity contribution < 1.29 is 13.5 Å². The predicted molar refractivity (Wildman–Crippen MR) is 82.0 cm³/mol. The fraction of sp³-hybridized carbons (Fsp3) is 0.571. The van der Waals surface area contributed by atoms with Crippen LogP contribution in [0.25, 0.3) is 0 Å². The van der Waals surface area contributed by atoms with Crippen molar-refractivity contribution in [1.29, 1.82) is 0 Å². The monoisotopic (exact) mass is 361 g/mol. The number of hydrogen-bond donors (Lipinski definition) is 1. The van der Waals surface area contributed by atoms with Crippen LogP contribution in [0.3, 0.4) is 0 Å². The van der Waals surface area contributed by atoms with Crippen molar-refractivity contribution in [2.75, 3.05) is 13.1 Å². The van der Waals surface area contributed by atoms with E-state index in [-0.39, 0.29) is 11.5 Å². The van der Waals surface area contributed by atoms with Crippen LogP contribution < -0.4 is 0 Å². The topological polar surface area (TPSA) is 57.6 Å². The molecule has 0 saturated carbocycles. The van der Waals surface area contributed by atoms with Gasteiger partial charge >= 0.3 is 0 Å². The summed E-state index contributed by atoms with van der Waals surface area (Å²) in [4.78, 5) is 0.260. The Balaban J connectivity index is 2.41. The molecule has 1 saturated heterocycles. The number of sulfonamides is 1. The minimum absolute atomic E-state index is 0.159. The molecule has 1 aromatic carbocycles. The van der Waals surface area contributed by atoms with Gasteiger partial charge in [0.2, 0.25) is 10.0 Å². The Morgan fingerprint density at radius 3 is 2.50 bits per heavy atom. The van der Waals surface area contributed by atoms with Gasteiger partial charge in [0.05, 0.1) is 11.5 Å². The number of rotatable bonds is 3. The number of halogens is 1. The van der Waals surface area contributed by atoms with Crippen molar-refractivity contribution in [3.05, 3.63) is 27.7 Å². The maximum absolute atomic E-state index is 12.7. The lowest BCUT2D eigenvalue weighted by Crippen LogP contribution is -2.38. The molecule has 0 amide bonds. The van der Waals surface area contributed by atoms with Gasteiger partial charge in [-0.2, -0.15) is 4.31 Å². The average molecular weight is 362 g/mol. The number of hydrogen-bond acceptors (Lipinski definition) is 3. The van der Waals surface area contributed by atoms with Crippen LogP contribution in [0.15, 0.2) is 21.5 Å². The van der Waals surface area contributed by atoms with E-state index in [0.717, 1.165) is 18.4 Å². The van der Waals surface area contributed by atoms with Gasteiger partial charge in [-0.25, -0.2) is 8.42 Å². The second-order valence-corrected chi connectivity index (χ2v) is 8.17. The number of piperidine rings is 1. The molecule has 1 heterocycles. The second kappa shape index (κ2) is 6.13. The summed E-state index contributed by atoms with van der Waals surface area (Å²) < 4.78 is 27.6. The fourth-order valence-corrected chi connectivity index (χ4v) is 4.95. The zero-order valence-electron chi connectivity index (χ0n) is 11.8. The van der Waals surface area contributed by atoms with E-state index in [1.165, 1.54) is 0 Å². The first-order chi connectivity index (χ1) is 9.36. The van der Waals surface area contributed by atoms with Crippen LogP contribution in [0.5, 0.6) is 0 Å². The van der Waals surface area contributed by atoms with Crippen molar-refractivity contribution in [3.8, 4) is 0 Å². The molecule has 20 heavy (non-hydrogen) atoms. The zero-order valence-corrected chi connectivity index (χ0v) is 14.2. The molecule has 1 aliphatic rings. The molecule has 0 spiro atoms. The van der Waals surface area contributed by atoms with Crippen LogP contribution in [-0.4, -0.2) is 30.9 Å². The summed E-state index contributed by atoms with van der Waals surface area (Å²) in [7, 11) is -3.50. The molecule has 1 N–H and O–H groups in total. The van der Waals surface area contributed by atoms with E-state index in [1.807, 2.05) is 6.92 Å². The first-order valence-electron chi connectivity index (χ1n) is 6.76. The number of aliphatic hydroxyl groups excluding tert-OH is 1. The van der Waals surface area contributed by atoms with Crippen molar-refractivity contribution in [3.63, 3.8) is 0 Å². The quantitative estimate of drug-likeness (QED) is 0.900. The normalized spacial score (nSPS) is 18.4. The maximum atomic E-state index is 12.7. The molecule has 0 radical (unpaired) electrons. The number of nitrogens with zero attached hydrogens (tertiary/aromatic N) is 1. The van der Waals surface area contributed by atoms with E-state index in [1.54, 1.807) is 16.4 Å². The summed E-state index contributed by atoms with van der Waals surface area (Å²) in [6.45, 7) is 4.96. The highest BCUT2D eigenvalue weighted by Gasteiger charge is 2.30. The minimum Gasteiger partial charge on any atom is -0.392 e. The van der Waals surface area contributed by atoms with Gasteiger partial charge in [-0.1, -0.05) is 13.0 Å². The molecule has 1 fully saturated rings. The molecular formula is C14H20BrNO3S. The molecule has 6 heteroatoms. The molecule has 1 aliphatic heterocycles. The molecule has 0 unspecified atom stereocenters. The summed E-state index contributed by atoms with van der Waals surface area (Å²) in [5.41, 5.74) is 1.44. The second-order valence-electron chi connectivity index (χ2n) is 5.47. The standard InChI is InChI=1S/C14H20BrNO3S/c1-10-3-5-16(6-4-10)20(18,19)13-8-12(9-17)7-11(2)14(13)15/h7-8,10,17H,3-6,9H2,1-2H3. The molecule has 0 aliphatic carbocycles. The van der Waals surface area contributed by atoms with E-state index in [0.29, 0.717) is 29.0 Å². The van der Waals surface area contributed by atoms with E-state index in [9.17, 15) is 13.5 Å². The molecule has 4 nitrogen and oxygen atoms in total. The lowest BCUT2D eigenvalue weighted by atomic mass is 10.0. The maximum Gasteiger partial charge on any atom is 0.244 e. The van der Waals surface area contributed by atoms with Crippen molar-refractivity contribution >= 4 is 26.0 Å². The Morgan fingerprint density at radius 1 is 1.35 bits per heavy atom. The van der Waals surface area contributed by atoms with E-state index >= 15 is 0 Å². The Kier molecular flexibility index (Phi) is 4.89. The van der Waals surface area contributed by atoms with Crippen LogP contribution >= 0.6 is 15.9 Å². The minimum atomic E-state index is -3.50. The van der Waals surface area contributed by atoms with Crippen LogP contribution in [0, 0.1) is 12.8 Å². The van der Waals surface area contributed by atoms with E-state index < -0.39 is 10.0 Å². The highest BCUT2D eigenvalue weighted by Crippen LogP contribution is 2.31. The van der Waals surface area contributed by atoms with Crippen LogP contribution in [0.1, 0.15) is 30.9 Å². The SMILES string of the molecule is Cc1cc(CO)cc(S(=O)(=O)N2CCC(C)CC2)c1Br. The lowest BCUT2D eigenvalue weighted by molar-refractivity contribution is 0.280. The van der Waals surface area contributed by atoms with Gasteiger partial charge in [0.15, 0.2) is 0 Å². The third-order valence-corrected chi connectivity index (χ3v) is 7.06. The molecule has 112 valence electrons. The smallest absolute Gasteiger partial charge is 0.244 e. The predicted octanol–water partition coefficient (Wildman–Crippen LogP) is 2.67. The number of aliphatic hydroxyl groups is 1. The Morgan fingerprint density at radius 2 is 1.95 bits per heavy atom.